The smallest absolute Gasteiger partial charge is 0.358 e. The lowest BCUT2D eigenvalue weighted by Gasteiger charge is -2.26. The van der Waals surface area contributed by atoms with E-state index in [1.165, 1.54) is 21.5 Å². The monoisotopic (exact) mass is 581 g/mol. The maximum absolute atomic E-state index is 14.0. The second kappa shape index (κ2) is 13.0. The van der Waals surface area contributed by atoms with Gasteiger partial charge in [-0.2, -0.15) is 0 Å². The second-order valence-corrected chi connectivity index (χ2v) is 9.91. The van der Waals surface area contributed by atoms with Crippen molar-refractivity contribution in [1.29, 1.82) is 0 Å². The first-order valence-corrected chi connectivity index (χ1v) is 13.5. The van der Waals surface area contributed by atoms with E-state index in [9.17, 15) is 28.6 Å². The van der Waals surface area contributed by atoms with Crippen LogP contribution in [-0.2, 0) is 11.3 Å². The molecule has 1 saturated heterocycles. The molecule has 1 saturated carbocycles. The number of carboxylic acid groups (broad SMARTS) is 2. The third-order valence-corrected chi connectivity index (χ3v) is 7.25. The number of aromatic nitrogens is 6. The molecule has 3 heterocycles. The maximum atomic E-state index is 14.0. The van der Waals surface area contributed by atoms with Gasteiger partial charge in [0.15, 0.2) is 11.4 Å². The van der Waals surface area contributed by atoms with Gasteiger partial charge in [0.05, 0.1) is 24.6 Å². The highest BCUT2D eigenvalue weighted by Gasteiger charge is 2.30. The molecule has 220 valence electrons. The van der Waals surface area contributed by atoms with Crippen LogP contribution in [-0.4, -0.2) is 83.3 Å². The van der Waals surface area contributed by atoms with Crippen molar-refractivity contribution in [2.75, 3.05) is 26.3 Å². The van der Waals surface area contributed by atoms with Crippen molar-refractivity contribution in [3.8, 4) is 11.4 Å². The summed E-state index contributed by atoms with van der Waals surface area (Å²) >= 11 is 0. The van der Waals surface area contributed by atoms with Crippen molar-refractivity contribution in [2.45, 2.75) is 38.1 Å². The molecule has 0 radical (unpaired) electrons. The van der Waals surface area contributed by atoms with Crippen LogP contribution in [0, 0.1) is 11.6 Å². The molecule has 4 aromatic rings. The van der Waals surface area contributed by atoms with E-state index in [4.69, 9.17) is 4.74 Å². The van der Waals surface area contributed by atoms with Crippen LogP contribution in [0.3, 0.4) is 0 Å². The number of hydrogen-bond donors (Lipinski definition) is 2. The van der Waals surface area contributed by atoms with Crippen molar-refractivity contribution in [3.05, 3.63) is 82.9 Å². The normalized spacial score (nSPS) is 15.8. The molecule has 12 nitrogen and oxygen atoms in total. The molecular formula is C28H29F2N7O5. The molecule has 6 rings (SSSR count). The minimum atomic E-state index is -1.18. The van der Waals surface area contributed by atoms with Gasteiger partial charge in [-0.25, -0.2) is 27.7 Å². The summed E-state index contributed by atoms with van der Waals surface area (Å²) in [6.45, 7) is 2.86. The Labute approximate surface area is 239 Å². The molecule has 42 heavy (non-hydrogen) atoms. The van der Waals surface area contributed by atoms with Gasteiger partial charge in [-0.05, 0) is 37.1 Å². The number of aromatic carboxylic acids is 2. The summed E-state index contributed by atoms with van der Waals surface area (Å²) in [6.07, 6.45) is 3.88. The van der Waals surface area contributed by atoms with Gasteiger partial charge in [0.2, 0.25) is 0 Å². The fourth-order valence-electron chi connectivity index (χ4n) is 5.21. The number of para-hydroxylation sites is 2. The largest absolute Gasteiger partial charge is 0.476 e. The minimum absolute atomic E-state index is 0.0693. The molecule has 0 atom stereocenters. The average Bonchev–Trinajstić information content (AvgIpc) is 3.75. The molecule has 1 aliphatic heterocycles. The van der Waals surface area contributed by atoms with E-state index in [0.29, 0.717) is 44.2 Å². The highest BCUT2D eigenvalue weighted by molar-refractivity contribution is 5.87. The van der Waals surface area contributed by atoms with Crippen molar-refractivity contribution in [3.63, 3.8) is 0 Å². The third-order valence-electron chi connectivity index (χ3n) is 7.25. The van der Waals surface area contributed by atoms with E-state index in [2.05, 4.69) is 20.6 Å². The number of benzene rings is 2. The summed E-state index contributed by atoms with van der Waals surface area (Å²) in [6, 6.07) is 12.3. The van der Waals surface area contributed by atoms with Crippen molar-refractivity contribution < 1.29 is 33.3 Å². The quantitative estimate of drug-likeness (QED) is 0.331. The van der Waals surface area contributed by atoms with Gasteiger partial charge in [0.1, 0.15) is 23.0 Å². The molecule has 2 N–H and O–H groups in total. The molecule has 1 aliphatic carbocycles. The first-order valence-electron chi connectivity index (χ1n) is 13.5. The first kappa shape index (κ1) is 29.0. The number of halogens is 2. The van der Waals surface area contributed by atoms with Gasteiger partial charge in [-0.3, -0.25) is 4.90 Å². The van der Waals surface area contributed by atoms with Gasteiger partial charge in [0, 0.05) is 25.6 Å². The molecule has 0 bridgehead atoms. The zero-order chi connectivity index (χ0) is 29.6. The second-order valence-electron chi connectivity index (χ2n) is 9.91. The molecular weight excluding hydrogens is 552 g/mol. The minimum Gasteiger partial charge on any atom is -0.476 e. The number of hydrogen-bond acceptors (Lipinski definition) is 8. The zero-order valence-corrected chi connectivity index (χ0v) is 22.6. The fraction of sp³-hybridized carbons (Fsp3) is 0.357. The van der Waals surface area contributed by atoms with Crippen LogP contribution >= 0.6 is 0 Å². The van der Waals surface area contributed by atoms with Crippen molar-refractivity contribution in [2.24, 2.45) is 0 Å². The van der Waals surface area contributed by atoms with Gasteiger partial charge in [0.25, 0.3) is 0 Å². The van der Waals surface area contributed by atoms with Crippen molar-refractivity contribution in [1.82, 2.24) is 34.9 Å². The summed E-state index contributed by atoms with van der Waals surface area (Å²) in [5.74, 6) is -3.13. The fourth-order valence-corrected chi connectivity index (χ4v) is 5.21. The van der Waals surface area contributed by atoms with Crippen LogP contribution in [0.25, 0.3) is 11.4 Å². The Balaban J connectivity index is 0.000000169. The van der Waals surface area contributed by atoms with Gasteiger partial charge in [-0.15, -0.1) is 10.2 Å². The van der Waals surface area contributed by atoms with E-state index in [1.807, 2.05) is 4.90 Å². The van der Waals surface area contributed by atoms with Crippen LogP contribution in [0.1, 0.15) is 64.0 Å². The van der Waals surface area contributed by atoms with Gasteiger partial charge >= 0.3 is 11.9 Å². The summed E-state index contributed by atoms with van der Waals surface area (Å²) in [5, 5.41) is 33.6. The highest BCUT2D eigenvalue weighted by Crippen LogP contribution is 2.36. The number of ether oxygens (including phenoxy) is 1. The predicted molar refractivity (Wildman–Crippen MR) is 144 cm³/mol. The molecule has 2 aliphatic rings. The Bertz CT molecular complexity index is 1560. The molecule has 2 aromatic heterocycles. The van der Waals surface area contributed by atoms with Crippen LogP contribution in [0.15, 0.2) is 48.5 Å². The molecule has 0 spiro atoms. The Morgan fingerprint density at radius 1 is 0.810 bits per heavy atom. The van der Waals surface area contributed by atoms with Gasteiger partial charge < -0.3 is 14.9 Å². The van der Waals surface area contributed by atoms with Gasteiger partial charge in [-0.1, -0.05) is 47.5 Å². The van der Waals surface area contributed by atoms with Crippen LogP contribution in [0.4, 0.5) is 8.78 Å². The van der Waals surface area contributed by atoms with E-state index in [1.54, 1.807) is 36.4 Å². The van der Waals surface area contributed by atoms with Crippen LogP contribution in [0.5, 0.6) is 0 Å². The summed E-state index contributed by atoms with van der Waals surface area (Å²) in [5.41, 5.74) is 1.08. The van der Waals surface area contributed by atoms with E-state index < -0.39 is 23.6 Å². The predicted octanol–water partition coefficient (Wildman–Crippen LogP) is 3.70. The number of morpholine rings is 1. The third kappa shape index (κ3) is 6.19. The lowest BCUT2D eigenvalue weighted by Crippen LogP contribution is -2.36. The van der Waals surface area contributed by atoms with E-state index in [0.717, 1.165) is 25.7 Å². The lowest BCUT2D eigenvalue weighted by atomic mass is 10.0. The Hall–Kier alpha value is -4.56. The summed E-state index contributed by atoms with van der Waals surface area (Å²) in [7, 11) is 0. The SMILES string of the molecule is O=C(O)c1nnn(-c2ccccc2F)c1C1CCCC1.O=C(O)c1nnn(-c2ccccc2F)c1CN1CCOCC1. The van der Waals surface area contributed by atoms with Crippen molar-refractivity contribution >= 4 is 11.9 Å². The van der Waals surface area contributed by atoms with E-state index >= 15 is 0 Å². The zero-order valence-electron chi connectivity index (χ0n) is 22.6. The Morgan fingerprint density at radius 2 is 1.33 bits per heavy atom. The topological polar surface area (TPSA) is 148 Å². The number of carboxylic acids is 2. The number of nitrogens with zero attached hydrogens (tertiary/aromatic N) is 7. The number of carbonyl (C=O) groups is 2. The molecule has 2 aromatic carbocycles. The standard InChI is InChI=1S/C14H15FN4O3.C14H14FN3O2/c15-10-3-1-2-4-11(10)19-12(13(14(20)21)16-17-19)9-18-5-7-22-8-6-18;15-10-7-3-4-8-11(10)18-13(9-5-1-2-6-9)12(14(19)20)16-17-18/h1-4H,5-9H2,(H,20,21);3-4,7-9H,1-2,5-6H2,(H,19,20). The Morgan fingerprint density at radius 3 is 1.90 bits per heavy atom. The number of rotatable bonds is 7. The average molecular weight is 582 g/mol. The summed E-state index contributed by atoms with van der Waals surface area (Å²) in [4.78, 5) is 24.7. The maximum Gasteiger partial charge on any atom is 0.358 e. The Kier molecular flexibility index (Phi) is 8.93. The molecule has 0 amide bonds. The van der Waals surface area contributed by atoms with E-state index in [-0.39, 0.29) is 28.7 Å². The van der Waals surface area contributed by atoms with Crippen LogP contribution < -0.4 is 0 Å². The summed E-state index contributed by atoms with van der Waals surface area (Å²) < 4.78 is 35.8. The lowest BCUT2D eigenvalue weighted by molar-refractivity contribution is 0.0330. The molecule has 0 unspecified atom stereocenters. The first-order chi connectivity index (χ1) is 20.3. The highest BCUT2D eigenvalue weighted by atomic mass is 19.1. The molecule has 2 fully saturated rings. The van der Waals surface area contributed by atoms with Crippen LogP contribution in [0.2, 0.25) is 0 Å². The molecule has 14 heteroatoms.